The molecule has 4 heteroatoms. The highest BCUT2D eigenvalue weighted by Crippen LogP contribution is 2.68. The standard InChI is InChI=1S/C20H32O4/c1-11(2)12-4-6-19(3)15-10-13-16(17(12)19)18(24-15)14(21)5-7-20(13)22-8-9-23-20/h11-18,21H,4-10H2,1-3H3/t12-,13+,14-,15-,16+,17+,18+,19-/m1/s1. The van der Waals surface area contributed by atoms with Gasteiger partial charge in [-0.3, -0.25) is 0 Å². The molecule has 0 unspecified atom stereocenters. The number of aliphatic hydroxyl groups is 1. The summed E-state index contributed by atoms with van der Waals surface area (Å²) < 4.78 is 19.0. The van der Waals surface area contributed by atoms with Crippen LogP contribution < -0.4 is 0 Å². The van der Waals surface area contributed by atoms with Gasteiger partial charge in [-0.25, -0.2) is 0 Å². The number of hydrogen-bond acceptors (Lipinski definition) is 4. The van der Waals surface area contributed by atoms with E-state index in [0.29, 0.717) is 36.9 Å². The van der Waals surface area contributed by atoms with E-state index in [1.165, 1.54) is 12.8 Å². The molecular formula is C20H32O4. The summed E-state index contributed by atoms with van der Waals surface area (Å²) in [6, 6.07) is 0. The Hall–Kier alpha value is -0.160. The lowest BCUT2D eigenvalue weighted by Crippen LogP contribution is -2.66. The molecule has 3 aliphatic carbocycles. The maximum absolute atomic E-state index is 10.9. The maximum atomic E-state index is 10.9. The van der Waals surface area contributed by atoms with Crippen molar-refractivity contribution in [3.8, 4) is 0 Å². The van der Waals surface area contributed by atoms with Crippen molar-refractivity contribution < 1.29 is 19.3 Å². The quantitative estimate of drug-likeness (QED) is 0.800. The van der Waals surface area contributed by atoms with Gasteiger partial charge in [-0.2, -0.15) is 0 Å². The van der Waals surface area contributed by atoms with Crippen LogP contribution in [0.4, 0.5) is 0 Å². The monoisotopic (exact) mass is 336 g/mol. The predicted octanol–water partition coefficient (Wildman–Crippen LogP) is 2.98. The Morgan fingerprint density at radius 2 is 1.83 bits per heavy atom. The molecule has 136 valence electrons. The molecular weight excluding hydrogens is 304 g/mol. The number of aliphatic hydroxyl groups excluding tert-OH is 1. The first-order valence-electron chi connectivity index (χ1n) is 10.1. The summed E-state index contributed by atoms with van der Waals surface area (Å²) in [7, 11) is 0. The Labute approximate surface area is 145 Å². The highest BCUT2D eigenvalue weighted by atomic mass is 16.7. The van der Waals surface area contributed by atoms with Crippen LogP contribution in [0.25, 0.3) is 0 Å². The zero-order chi connectivity index (χ0) is 16.7. The van der Waals surface area contributed by atoms with Crippen molar-refractivity contribution in [1.82, 2.24) is 0 Å². The van der Waals surface area contributed by atoms with Crippen molar-refractivity contribution >= 4 is 0 Å². The van der Waals surface area contributed by atoms with Gasteiger partial charge < -0.3 is 19.3 Å². The van der Waals surface area contributed by atoms with Crippen molar-refractivity contribution in [2.45, 2.75) is 77.0 Å². The smallest absolute Gasteiger partial charge is 0.171 e. The van der Waals surface area contributed by atoms with E-state index in [1.807, 2.05) is 0 Å². The Morgan fingerprint density at radius 1 is 1.08 bits per heavy atom. The lowest BCUT2D eigenvalue weighted by molar-refractivity contribution is -0.307. The van der Waals surface area contributed by atoms with Gasteiger partial charge in [0.2, 0.25) is 0 Å². The number of ether oxygens (including phenoxy) is 3. The molecule has 6 rings (SSSR count). The molecule has 24 heavy (non-hydrogen) atoms. The SMILES string of the molecule is CC(C)[C@H]1CC[C@@]2(C)[C@@H]1[C@H]1[C@H]3O[C@@H]2C[C@@H]1C1(CC[C@H]3O)OCCO1. The van der Waals surface area contributed by atoms with Gasteiger partial charge in [-0.1, -0.05) is 20.8 Å². The predicted molar refractivity (Wildman–Crippen MR) is 89.3 cm³/mol. The first-order chi connectivity index (χ1) is 11.5. The van der Waals surface area contributed by atoms with Crippen molar-refractivity contribution in [1.29, 1.82) is 0 Å². The lowest BCUT2D eigenvalue weighted by atomic mass is 9.51. The highest BCUT2D eigenvalue weighted by molar-refractivity contribution is 5.16. The zero-order valence-electron chi connectivity index (χ0n) is 15.2. The molecule has 0 aromatic carbocycles. The van der Waals surface area contributed by atoms with E-state index in [-0.39, 0.29) is 23.7 Å². The van der Waals surface area contributed by atoms with Gasteiger partial charge in [0.25, 0.3) is 0 Å². The molecule has 0 aromatic rings. The fourth-order valence-corrected chi connectivity index (χ4v) is 7.34. The fraction of sp³-hybridized carbons (Fsp3) is 1.00. The Bertz CT molecular complexity index is 514. The molecule has 8 atom stereocenters. The first kappa shape index (κ1) is 16.0. The van der Waals surface area contributed by atoms with Crippen molar-refractivity contribution in [3.63, 3.8) is 0 Å². The molecule has 6 aliphatic rings. The third-order valence-electron chi connectivity index (χ3n) is 8.39. The third-order valence-corrected chi connectivity index (χ3v) is 8.39. The highest BCUT2D eigenvalue weighted by Gasteiger charge is 2.70. The largest absolute Gasteiger partial charge is 0.390 e. The Morgan fingerprint density at radius 3 is 2.54 bits per heavy atom. The van der Waals surface area contributed by atoms with Gasteiger partial charge in [0.15, 0.2) is 5.79 Å². The van der Waals surface area contributed by atoms with E-state index < -0.39 is 5.79 Å². The Kier molecular flexibility index (Phi) is 3.47. The molecule has 6 fully saturated rings. The Balaban J connectivity index is 1.61. The fourth-order valence-electron chi connectivity index (χ4n) is 7.34. The zero-order valence-corrected chi connectivity index (χ0v) is 15.2. The van der Waals surface area contributed by atoms with Crippen LogP contribution in [0.3, 0.4) is 0 Å². The second-order valence-corrected chi connectivity index (χ2v) is 9.60. The van der Waals surface area contributed by atoms with E-state index in [9.17, 15) is 5.11 Å². The molecule has 3 heterocycles. The van der Waals surface area contributed by atoms with E-state index in [0.717, 1.165) is 25.2 Å². The van der Waals surface area contributed by atoms with Gasteiger partial charge in [-0.05, 0) is 54.8 Å². The van der Waals surface area contributed by atoms with Crippen LogP contribution in [0.15, 0.2) is 0 Å². The summed E-state index contributed by atoms with van der Waals surface area (Å²) in [5.41, 5.74) is 0.274. The average Bonchev–Trinajstić information content (AvgIpc) is 3.16. The summed E-state index contributed by atoms with van der Waals surface area (Å²) >= 11 is 0. The van der Waals surface area contributed by atoms with Crippen molar-refractivity contribution in [2.75, 3.05) is 13.2 Å². The second kappa shape index (κ2) is 5.18. The van der Waals surface area contributed by atoms with Crippen LogP contribution in [0.1, 0.15) is 52.9 Å². The molecule has 1 spiro atoms. The summed E-state index contributed by atoms with van der Waals surface area (Å²) in [4.78, 5) is 0. The summed E-state index contributed by atoms with van der Waals surface area (Å²) in [5.74, 6) is 2.38. The molecule has 3 saturated heterocycles. The van der Waals surface area contributed by atoms with Crippen molar-refractivity contribution in [2.24, 2.45) is 35.0 Å². The van der Waals surface area contributed by atoms with E-state index in [1.54, 1.807) is 0 Å². The lowest BCUT2D eigenvalue weighted by Gasteiger charge is -2.62. The topological polar surface area (TPSA) is 47.9 Å². The molecule has 4 bridgehead atoms. The molecule has 1 N–H and O–H groups in total. The summed E-state index contributed by atoms with van der Waals surface area (Å²) in [5, 5.41) is 10.9. The van der Waals surface area contributed by atoms with Crippen molar-refractivity contribution in [3.05, 3.63) is 0 Å². The van der Waals surface area contributed by atoms with Gasteiger partial charge in [0.1, 0.15) is 0 Å². The number of rotatable bonds is 1. The molecule has 0 amide bonds. The minimum atomic E-state index is -0.451. The number of hydrogen-bond donors (Lipinski definition) is 1. The van der Waals surface area contributed by atoms with Gasteiger partial charge in [0.05, 0.1) is 31.5 Å². The third kappa shape index (κ3) is 1.89. The van der Waals surface area contributed by atoms with Crippen LogP contribution in [0.5, 0.6) is 0 Å². The first-order valence-corrected chi connectivity index (χ1v) is 10.1. The van der Waals surface area contributed by atoms with Gasteiger partial charge in [-0.15, -0.1) is 0 Å². The van der Waals surface area contributed by atoms with Crippen LogP contribution >= 0.6 is 0 Å². The van der Waals surface area contributed by atoms with Crippen LogP contribution in [0, 0.1) is 35.0 Å². The molecule has 0 radical (unpaired) electrons. The summed E-state index contributed by atoms with van der Waals surface area (Å²) in [6.45, 7) is 8.60. The molecule has 3 saturated carbocycles. The summed E-state index contributed by atoms with van der Waals surface area (Å²) in [6.07, 6.45) is 5.04. The van der Waals surface area contributed by atoms with E-state index in [4.69, 9.17) is 14.2 Å². The molecule has 0 aromatic heterocycles. The minimum Gasteiger partial charge on any atom is -0.390 e. The van der Waals surface area contributed by atoms with Crippen LogP contribution in [0.2, 0.25) is 0 Å². The van der Waals surface area contributed by atoms with Gasteiger partial charge in [0, 0.05) is 12.3 Å². The molecule has 4 nitrogen and oxygen atoms in total. The molecule has 3 aliphatic heterocycles. The van der Waals surface area contributed by atoms with E-state index in [2.05, 4.69) is 20.8 Å². The van der Waals surface area contributed by atoms with Crippen LogP contribution in [-0.4, -0.2) is 42.4 Å². The normalized spacial score (nSPS) is 55.1. The van der Waals surface area contributed by atoms with E-state index >= 15 is 0 Å². The maximum Gasteiger partial charge on any atom is 0.171 e. The van der Waals surface area contributed by atoms with Gasteiger partial charge >= 0.3 is 0 Å². The van der Waals surface area contributed by atoms with Crippen LogP contribution in [-0.2, 0) is 14.2 Å². The average molecular weight is 336 g/mol. The second-order valence-electron chi connectivity index (χ2n) is 9.60. The minimum absolute atomic E-state index is 0.0154.